The van der Waals surface area contributed by atoms with E-state index >= 15 is 0 Å². The number of hydrogen-bond donors (Lipinski definition) is 8. The molecule has 0 saturated carbocycles. The number of alkyl carbamates (subject to hydrolysis) is 2. The summed E-state index contributed by atoms with van der Waals surface area (Å²) < 4.78 is 338. The van der Waals surface area contributed by atoms with Crippen LogP contribution in [0.25, 0.3) is 0 Å². The zero-order chi connectivity index (χ0) is 108. The van der Waals surface area contributed by atoms with Gasteiger partial charge in [-0.15, -0.1) is 0 Å². The molecule has 8 heterocycles. The number of rotatable bonds is 25. The Bertz CT molecular complexity index is 5960. The Hall–Kier alpha value is -13.7. The molecule has 0 fully saturated rings. The highest BCUT2D eigenvalue weighted by atomic mass is 19.4. The van der Waals surface area contributed by atoms with Gasteiger partial charge in [0.15, 0.2) is 69.3 Å². The Balaban J connectivity index is 0.000000215. The van der Waals surface area contributed by atoms with Gasteiger partial charge in [-0.05, 0) is 135 Å². The Labute approximate surface area is 801 Å². The van der Waals surface area contributed by atoms with Crippen LogP contribution in [0.15, 0.2) is 48.5 Å². The minimum Gasteiger partial charge on any atom is -0.476 e. The van der Waals surface area contributed by atoms with E-state index in [9.17, 15) is 158 Å². The number of carboxylic acids is 1. The van der Waals surface area contributed by atoms with Gasteiger partial charge in [0, 0.05) is 146 Å². The second-order valence-electron chi connectivity index (χ2n) is 34.9. The van der Waals surface area contributed by atoms with Crippen molar-refractivity contribution in [2.24, 2.45) is 11.5 Å². The minimum absolute atomic E-state index is 0.0619. The molecule has 0 bridgehead atoms. The highest BCUT2D eigenvalue weighted by molar-refractivity contribution is 5.95. The number of aromatic nitrogens is 8. The quantitative estimate of drug-likeness (QED) is 0.0195. The molecule has 788 valence electrons. The molecule has 12 rings (SSSR count). The van der Waals surface area contributed by atoms with Crippen LogP contribution in [-0.2, 0) is 131 Å². The number of hydrogen-bond acceptors (Lipinski definition) is 18. The van der Waals surface area contributed by atoms with Crippen molar-refractivity contribution in [1.82, 2.24) is 84.4 Å². The second kappa shape index (κ2) is 46.3. The van der Waals surface area contributed by atoms with Gasteiger partial charge >= 0.3 is 42.9 Å². The number of carbonyl (C=O) groups is 10. The molecule has 0 unspecified atom stereocenters. The fraction of sp³-hybridized carbons (Fsp3) is 0.477. The summed E-state index contributed by atoms with van der Waals surface area (Å²) in [6, 6.07) is -0.370. The third-order valence-electron chi connectivity index (χ3n) is 21.7. The number of benzene rings is 4. The molecule has 4 atom stereocenters. The molecule has 4 aliphatic rings. The van der Waals surface area contributed by atoms with Gasteiger partial charge in [0.25, 0.3) is 17.7 Å². The van der Waals surface area contributed by atoms with Crippen LogP contribution in [0.1, 0.15) is 198 Å². The summed E-state index contributed by atoms with van der Waals surface area (Å²) in [7, 11) is 0. The van der Waals surface area contributed by atoms with Gasteiger partial charge in [-0.25, -0.2) is 87.0 Å². The van der Waals surface area contributed by atoms with Crippen LogP contribution in [-0.4, -0.2) is 204 Å². The molecule has 0 spiro atoms. The van der Waals surface area contributed by atoms with Gasteiger partial charge in [-0.1, -0.05) is 0 Å². The number of imidazole rings is 4. The fourth-order valence-electron chi connectivity index (χ4n) is 15.4. The minimum atomic E-state index is -4.93. The normalized spacial score (nSPS) is 14.6. The highest BCUT2D eigenvalue weighted by Crippen LogP contribution is 2.39. The van der Waals surface area contributed by atoms with Crippen LogP contribution in [0.3, 0.4) is 0 Å². The molecular weight excluding hydrogens is 1990 g/mol. The number of ether oxygens (including phenoxy) is 2. The number of nitrogens with zero attached hydrogens (tertiary/aromatic N) is 12. The van der Waals surface area contributed by atoms with Crippen LogP contribution in [0.4, 0.5) is 115 Å². The highest BCUT2D eigenvalue weighted by Gasteiger charge is 2.48. The molecule has 0 aliphatic carbocycles. The first-order valence-electron chi connectivity index (χ1n) is 43.7. The molecule has 4 aromatic heterocycles. The van der Waals surface area contributed by atoms with E-state index in [-0.39, 0.29) is 149 Å². The SMILES string of the molecule is CC(C)(C)OC(=O)N[C@@H](CC(=O)N1CCn2c(C(F)(F)F)nc(C(=O)O)c2C1)Cc1cc(F)c(F)cc1F.CCNC(=O)c1nc(C(F)(F)F)n2c1CN(C(=O)C[C@@H](Cc1cc(F)c(F)cc1F)NC(=O)OC(C)(C)C)CC2.CCNC(=O)c1nc(C(F)(F)F)n2c1CN(C(=O)C[C@H](N)Cc1cc(F)c(F)cc1F)CC2.CCNC(=O)c1nc(C(F)(F)F)n2c1CN(C(=O)C[C@H](N)Cc1cc(F)c(F)cc1F)CC2. The van der Waals surface area contributed by atoms with Crippen molar-refractivity contribution in [3.63, 3.8) is 0 Å². The average Bonchev–Trinajstić information content (AvgIpc) is 1.62. The number of alkyl halides is 12. The van der Waals surface area contributed by atoms with Crippen molar-refractivity contribution < 1.29 is 168 Å². The van der Waals surface area contributed by atoms with E-state index in [0.717, 1.165) is 18.6 Å². The summed E-state index contributed by atoms with van der Waals surface area (Å²) in [5, 5.41) is 21.3. The van der Waals surface area contributed by atoms with E-state index in [1.807, 2.05) is 0 Å². The Morgan fingerprint density at radius 1 is 0.333 bits per heavy atom. The van der Waals surface area contributed by atoms with Gasteiger partial charge in [-0.2, -0.15) is 52.7 Å². The lowest BCUT2D eigenvalue weighted by molar-refractivity contribution is -0.149. The summed E-state index contributed by atoms with van der Waals surface area (Å²) in [5.74, 6) is -26.8. The van der Waals surface area contributed by atoms with Gasteiger partial charge in [0.05, 0.1) is 49.0 Å². The molecule has 32 nitrogen and oxygen atoms in total. The molecular formula is C88H95F24N19O13. The van der Waals surface area contributed by atoms with Crippen molar-refractivity contribution in [2.45, 2.75) is 226 Å². The van der Waals surface area contributed by atoms with Gasteiger partial charge in [0.1, 0.15) is 34.5 Å². The maximum atomic E-state index is 14.4. The monoisotopic (exact) mass is 2080 g/mol. The number of aromatic carboxylic acids is 1. The number of halogens is 24. The summed E-state index contributed by atoms with van der Waals surface area (Å²) in [4.78, 5) is 143. The Morgan fingerprint density at radius 3 is 0.771 bits per heavy atom. The predicted octanol–water partition coefficient (Wildman–Crippen LogP) is 12.6. The van der Waals surface area contributed by atoms with E-state index in [1.165, 1.54) is 14.7 Å². The fourth-order valence-corrected chi connectivity index (χ4v) is 15.4. The number of fused-ring (bicyclic) bond motifs is 4. The molecule has 4 aromatic carbocycles. The molecule has 10 N–H and O–H groups in total. The van der Waals surface area contributed by atoms with Crippen LogP contribution in [0.2, 0.25) is 0 Å². The summed E-state index contributed by atoms with van der Waals surface area (Å²) in [6.45, 7) is 11.3. The number of carbonyl (C=O) groups excluding carboxylic acids is 9. The molecule has 144 heavy (non-hydrogen) atoms. The first-order valence-corrected chi connectivity index (χ1v) is 43.7. The molecule has 0 radical (unpaired) electrons. The third kappa shape index (κ3) is 29.5. The summed E-state index contributed by atoms with van der Waals surface area (Å²) in [5.41, 5.74) is 6.04. The van der Waals surface area contributed by atoms with E-state index < -0.39 is 281 Å². The number of nitrogens with one attached hydrogen (secondary N) is 5. The number of carboxylic acid groups (broad SMARTS) is 1. The Kier molecular flexibility index (Phi) is 36.6. The average molecular weight is 2080 g/mol. The Morgan fingerprint density at radius 2 is 0.549 bits per heavy atom. The van der Waals surface area contributed by atoms with Gasteiger partial charge in [0.2, 0.25) is 46.9 Å². The lowest BCUT2D eigenvalue weighted by Crippen LogP contribution is -2.46. The van der Waals surface area contributed by atoms with E-state index in [2.05, 4.69) is 46.5 Å². The largest absolute Gasteiger partial charge is 0.476 e. The van der Waals surface area contributed by atoms with E-state index in [4.69, 9.17) is 20.9 Å². The number of nitrogens with two attached hydrogens (primary N) is 2. The van der Waals surface area contributed by atoms with E-state index in [1.54, 1.807) is 62.3 Å². The van der Waals surface area contributed by atoms with Crippen molar-refractivity contribution in [2.75, 3.05) is 45.8 Å². The standard InChI is InChI=1S/C25H29F6N5O4.C23H24F6N4O5.2C20H21F6N5O2/c1-5-32-21(38)20-18-12-35(6-7-36(18)22(34-20)25(29,30)31)19(37)10-14(33-23(39)40-24(2,3)4)8-13-9-16(27)17(28)11-15(13)26;1-22(2,3)38-21(37)30-12(6-11-7-14(25)15(26)9-13(11)24)8-17(34)32-4-5-33-16(10-32)18(19(35)36)31-20(33)23(27,28)29;2*1-2-28-18(33)17-15-9-30(3-4-31(15)19(29-17)20(24,25)26)16(32)7-11(27)5-10-6-13(22)14(23)8-12(10)21/h9,11,14H,5-8,10,12H2,1-4H3,(H,32,38)(H,33,39);7,9,12H,4-6,8,10H2,1-3H3,(H,30,37)(H,35,36);2*6,8,11H,2-5,7,9,27H2,1H3,(H,28,33)/t14-;12-;2*11-/m1111/s1. The van der Waals surface area contributed by atoms with Crippen LogP contribution in [0.5, 0.6) is 0 Å². The summed E-state index contributed by atoms with van der Waals surface area (Å²) >= 11 is 0. The van der Waals surface area contributed by atoms with Crippen LogP contribution < -0.4 is 38.1 Å². The topological polar surface area (TPSA) is 406 Å². The maximum Gasteiger partial charge on any atom is 0.449 e. The van der Waals surface area contributed by atoms with Crippen molar-refractivity contribution >= 4 is 59.5 Å². The number of amides is 9. The maximum absolute atomic E-state index is 14.4. The van der Waals surface area contributed by atoms with Gasteiger partial charge in [-0.3, -0.25) is 33.6 Å². The van der Waals surface area contributed by atoms with Crippen molar-refractivity contribution in [1.29, 1.82) is 0 Å². The lowest BCUT2D eigenvalue weighted by atomic mass is 10.0. The van der Waals surface area contributed by atoms with Gasteiger partial charge < -0.3 is 90.5 Å². The zero-order valence-corrected chi connectivity index (χ0v) is 77.6. The van der Waals surface area contributed by atoms with Crippen molar-refractivity contribution in [3.05, 3.63) is 209 Å². The molecule has 56 heteroatoms. The molecule has 8 aromatic rings. The van der Waals surface area contributed by atoms with Crippen LogP contribution >= 0.6 is 0 Å². The lowest BCUT2D eigenvalue weighted by Gasteiger charge is -2.31. The first-order chi connectivity index (χ1) is 66.8. The van der Waals surface area contributed by atoms with Crippen LogP contribution in [0, 0.1) is 69.8 Å². The smallest absolute Gasteiger partial charge is 0.449 e. The second-order valence-corrected chi connectivity index (χ2v) is 34.9. The molecule has 4 aliphatic heterocycles. The van der Waals surface area contributed by atoms with Crippen molar-refractivity contribution in [3.8, 4) is 0 Å². The third-order valence-corrected chi connectivity index (χ3v) is 21.7. The molecule has 0 saturated heterocycles. The predicted molar refractivity (Wildman–Crippen MR) is 452 cm³/mol. The zero-order valence-electron chi connectivity index (χ0n) is 77.6. The van der Waals surface area contributed by atoms with E-state index in [0.29, 0.717) is 53.1 Å². The first kappa shape index (κ1) is 114. The molecule has 9 amide bonds. The summed E-state index contributed by atoms with van der Waals surface area (Å²) in [6.07, 6.45) is -24.4.